The molecule has 9 nitrogen and oxygen atoms in total. The van der Waals surface area contributed by atoms with E-state index >= 15 is 0 Å². The molecule has 214 valence electrons. The van der Waals surface area contributed by atoms with E-state index in [2.05, 4.69) is 10.6 Å². The Hall–Kier alpha value is -3.92. The molecule has 1 aromatic heterocycles. The minimum Gasteiger partial charge on any atom is -0.495 e. The molecule has 0 saturated carbocycles. The number of nitrogens with zero attached hydrogens (tertiary/aromatic N) is 3. The molecule has 2 N–H and O–H groups in total. The third-order valence-electron chi connectivity index (χ3n) is 6.30. The van der Waals surface area contributed by atoms with Gasteiger partial charge in [-0.05, 0) is 68.3 Å². The summed E-state index contributed by atoms with van der Waals surface area (Å²) in [6.07, 6.45) is 0.489. The van der Waals surface area contributed by atoms with E-state index in [-0.39, 0.29) is 34.0 Å². The van der Waals surface area contributed by atoms with Gasteiger partial charge in [0.05, 0.1) is 34.4 Å². The lowest BCUT2D eigenvalue weighted by molar-refractivity contribution is -0.110. The quantitative estimate of drug-likeness (QED) is 0.157. The fourth-order valence-electron chi connectivity index (χ4n) is 4.35. The SMILES string of the molecule is CCNc1ccc(N=C(C(=O)Nc2ccccc2OC)c2nc3c(Cl)cc(Cl)cc3c(=O)n2CCCOC)c(C)c1. The lowest BCUT2D eigenvalue weighted by Crippen LogP contribution is -2.34. The molecule has 11 heteroatoms. The molecule has 0 saturated heterocycles. The first kappa shape index (κ1) is 30.0. The van der Waals surface area contributed by atoms with Gasteiger partial charge in [0.25, 0.3) is 11.5 Å². The van der Waals surface area contributed by atoms with Gasteiger partial charge in [-0.3, -0.25) is 14.2 Å². The number of ether oxygens (including phenoxy) is 2. The van der Waals surface area contributed by atoms with Gasteiger partial charge < -0.3 is 20.1 Å². The smallest absolute Gasteiger partial charge is 0.278 e. The highest BCUT2D eigenvalue weighted by atomic mass is 35.5. The summed E-state index contributed by atoms with van der Waals surface area (Å²) in [5.74, 6) is -0.0557. The summed E-state index contributed by atoms with van der Waals surface area (Å²) in [7, 11) is 3.09. The summed E-state index contributed by atoms with van der Waals surface area (Å²) in [6, 6.07) is 15.7. The zero-order valence-electron chi connectivity index (χ0n) is 23.3. The van der Waals surface area contributed by atoms with Crippen LogP contribution in [0.1, 0.15) is 24.7 Å². The van der Waals surface area contributed by atoms with Crippen LogP contribution in [0.15, 0.2) is 64.4 Å². The van der Waals surface area contributed by atoms with Gasteiger partial charge in [-0.1, -0.05) is 35.3 Å². The number of carbonyl (C=O) groups excluding carboxylic acids is 1. The molecule has 41 heavy (non-hydrogen) atoms. The first-order valence-corrected chi connectivity index (χ1v) is 13.8. The first-order chi connectivity index (χ1) is 19.8. The van der Waals surface area contributed by atoms with E-state index in [0.717, 1.165) is 17.8 Å². The Morgan fingerprint density at radius 1 is 1.10 bits per heavy atom. The Morgan fingerprint density at radius 2 is 1.88 bits per heavy atom. The van der Waals surface area contributed by atoms with Gasteiger partial charge in [0.15, 0.2) is 11.5 Å². The van der Waals surface area contributed by atoms with Crippen LogP contribution in [-0.4, -0.2) is 48.5 Å². The standard InChI is InChI=1S/C30H31Cl2N5O4/c1-5-33-20-11-12-23(18(2)15-20)34-27(29(38)35-24-9-6-7-10-25(24)41-4)28-36-26-21(16-19(31)17-22(26)32)30(39)37(28)13-8-14-40-3/h6-7,9-12,15-17,33H,5,8,13-14H2,1-4H3,(H,35,38). The highest BCUT2D eigenvalue weighted by molar-refractivity contribution is 6.48. The molecule has 4 aromatic rings. The maximum atomic E-state index is 14.0. The Balaban J connectivity index is 1.97. The number of benzene rings is 3. The third kappa shape index (κ3) is 6.87. The van der Waals surface area contributed by atoms with Crippen LogP contribution >= 0.6 is 23.2 Å². The highest BCUT2D eigenvalue weighted by Gasteiger charge is 2.25. The molecule has 1 heterocycles. The zero-order chi connectivity index (χ0) is 29.5. The van der Waals surface area contributed by atoms with Crippen LogP contribution in [0.2, 0.25) is 10.0 Å². The predicted octanol–water partition coefficient (Wildman–Crippen LogP) is 6.25. The van der Waals surface area contributed by atoms with Crippen LogP contribution < -0.4 is 20.9 Å². The third-order valence-corrected chi connectivity index (χ3v) is 6.81. The molecule has 0 bridgehead atoms. The monoisotopic (exact) mass is 595 g/mol. The molecule has 0 atom stereocenters. The van der Waals surface area contributed by atoms with Crippen molar-refractivity contribution in [3.8, 4) is 5.75 Å². The Morgan fingerprint density at radius 3 is 2.59 bits per heavy atom. The molecule has 0 aliphatic carbocycles. The van der Waals surface area contributed by atoms with Crippen molar-refractivity contribution in [3.05, 3.63) is 86.4 Å². The number of para-hydroxylation sites is 2. The number of fused-ring (bicyclic) bond motifs is 1. The Labute approximate surface area is 248 Å². The van der Waals surface area contributed by atoms with Crippen LogP contribution in [0, 0.1) is 6.92 Å². The van der Waals surface area contributed by atoms with E-state index in [4.69, 9.17) is 42.7 Å². The van der Waals surface area contributed by atoms with E-state index in [1.165, 1.54) is 23.8 Å². The van der Waals surface area contributed by atoms with E-state index in [1.807, 2.05) is 32.0 Å². The average Bonchev–Trinajstić information content (AvgIpc) is 2.95. The molecule has 0 fully saturated rings. The predicted molar refractivity (Wildman–Crippen MR) is 166 cm³/mol. The van der Waals surface area contributed by atoms with Crippen LogP contribution in [0.4, 0.5) is 17.1 Å². The van der Waals surface area contributed by atoms with Crippen molar-refractivity contribution in [2.45, 2.75) is 26.8 Å². The first-order valence-electron chi connectivity index (χ1n) is 13.0. The van der Waals surface area contributed by atoms with Gasteiger partial charge >= 0.3 is 0 Å². The van der Waals surface area contributed by atoms with Gasteiger partial charge in [-0.25, -0.2) is 9.98 Å². The molecule has 4 rings (SSSR count). The Kier molecular flexibility index (Phi) is 9.99. The summed E-state index contributed by atoms with van der Waals surface area (Å²) in [6.45, 7) is 5.27. The summed E-state index contributed by atoms with van der Waals surface area (Å²) >= 11 is 12.7. The lowest BCUT2D eigenvalue weighted by Gasteiger charge is -2.17. The number of aromatic nitrogens is 2. The van der Waals surface area contributed by atoms with Gasteiger partial charge in [0, 0.05) is 37.5 Å². The molecular formula is C30H31Cl2N5O4. The van der Waals surface area contributed by atoms with E-state index in [9.17, 15) is 9.59 Å². The molecule has 0 aliphatic rings. The van der Waals surface area contributed by atoms with Gasteiger partial charge in [0.1, 0.15) is 5.75 Å². The number of hydrogen-bond donors (Lipinski definition) is 2. The van der Waals surface area contributed by atoms with Crippen LogP contribution in [0.3, 0.4) is 0 Å². The number of hydrogen-bond acceptors (Lipinski definition) is 7. The van der Waals surface area contributed by atoms with Crippen molar-refractivity contribution in [1.82, 2.24) is 9.55 Å². The van der Waals surface area contributed by atoms with E-state index in [0.29, 0.717) is 35.2 Å². The fourth-order valence-corrected chi connectivity index (χ4v) is 4.89. The normalized spacial score (nSPS) is 11.5. The van der Waals surface area contributed by atoms with E-state index < -0.39 is 11.5 Å². The lowest BCUT2D eigenvalue weighted by atomic mass is 10.1. The minimum absolute atomic E-state index is 0.0605. The summed E-state index contributed by atoms with van der Waals surface area (Å²) in [4.78, 5) is 37.3. The molecule has 0 unspecified atom stereocenters. The number of rotatable bonds is 11. The topological polar surface area (TPSA) is 107 Å². The summed E-state index contributed by atoms with van der Waals surface area (Å²) in [5.41, 5.74) is 2.47. The van der Waals surface area contributed by atoms with Gasteiger partial charge in [0.2, 0.25) is 0 Å². The summed E-state index contributed by atoms with van der Waals surface area (Å²) < 4.78 is 12.1. The van der Waals surface area contributed by atoms with Crippen LogP contribution in [0.25, 0.3) is 10.9 Å². The van der Waals surface area contributed by atoms with Crippen molar-refractivity contribution < 1.29 is 14.3 Å². The number of anilines is 2. The highest BCUT2D eigenvalue weighted by Crippen LogP contribution is 2.28. The van der Waals surface area contributed by atoms with Crippen LogP contribution in [0.5, 0.6) is 5.75 Å². The average molecular weight is 597 g/mol. The largest absolute Gasteiger partial charge is 0.495 e. The molecule has 0 spiro atoms. The maximum absolute atomic E-state index is 14.0. The van der Waals surface area contributed by atoms with Gasteiger partial charge in [-0.15, -0.1) is 0 Å². The number of carbonyl (C=O) groups is 1. The number of aryl methyl sites for hydroxylation is 1. The van der Waals surface area contributed by atoms with E-state index in [1.54, 1.807) is 31.4 Å². The number of aliphatic imine (C=N–C) groups is 1. The second-order valence-electron chi connectivity index (χ2n) is 9.17. The molecule has 3 aromatic carbocycles. The van der Waals surface area contributed by atoms with Crippen molar-refractivity contribution >= 4 is 62.8 Å². The van der Waals surface area contributed by atoms with Crippen LogP contribution in [-0.2, 0) is 16.1 Å². The molecular weight excluding hydrogens is 565 g/mol. The second kappa shape index (κ2) is 13.6. The second-order valence-corrected chi connectivity index (χ2v) is 10.0. The summed E-state index contributed by atoms with van der Waals surface area (Å²) in [5, 5.41) is 6.87. The maximum Gasteiger partial charge on any atom is 0.278 e. The van der Waals surface area contributed by atoms with Crippen molar-refractivity contribution in [3.63, 3.8) is 0 Å². The van der Waals surface area contributed by atoms with Gasteiger partial charge in [-0.2, -0.15) is 0 Å². The molecule has 1 amide bonds. The number of halogens is 2. The minimum atomic E-state index is -0.582. The molecule has 0 radical (unpaired) electrons. The molecule has 0 aliphatic heterocycles. The number of amides is 1. The fraction of sp³-hybridized carbons (Fsp3) is 0.267. The number of methoxy groups -OCH3 is 2. The number of nitrogens with one attached hydrogen (secondary N) is 2. The zero-order valence-corrected chi connectivity index (χ0v) is 24.8. The Bertz CT molecular complexity index is 1670. The van der Waals surface area contributed by atoms with Crippen molar-refractivity contribution in [2.75, 3.05) is 38.0 Å². The van der Waals surface area contributed by atoms with Crippen molar-refractivity contribution in [1.29, 1.82) is 0 Å². The van der Waals surface area contributed by atoms with Crippen molar-refractivity contribution in [2.24, 2.45) is 4.99 Å².